The summed E-state index contributed by atoms with van der Waals surface area (Å²) in [5.41, 5.74) is 1.64. The van der Waals surface area contributed by atoms with E-state index in [9.17, 15) is 9.59 Å². The number of aryl methyl sites for hydroxylation is 1. The maximum absolute atomic E-state index is 13.1. The number of aromatic nitrogens is 1. The number of carbonyl (C=O) groups is 2. The molecule has 1 N–H and O–H groups in total. The van der Waals surface area contributed by atoms with Gasteiger partial charge in [-0.2, -0.15) is 0 Å². The lowest BCUT2D eigenvalue weighted by molar-refractivity contribution is -0.138. The minimum Gasteiger partial charge on any atom is -0.480 e. The van der Waals surface area contributed by atoms with Gasteiger partial charge in [0.15, 0.2) is 0 Å². The lowest BCUT2D eigenvalue weighted by Crippen LogP contribution is -2.49. The molecule has 0 saturated carbocycles. The number of amides is 1. The van der Waals surface area contributed by atoms with Crippen LogP contribution in [-0.2, 0) is 9.53 Å². The second-order valence-electron chi connectivity index (χ2n) is 6.61. The van der Waals surface area contributed by atoms with Crippen LogP contribution in [0.15, 0.2) is 30.3 Å². The molecule has 1 aromatic heterocycles. The van der Waals surface area contributed by atoms with E-state index in [1.165, 1.54) is 11.3 Å². The van der Waals surface area contributed by atoms with Crippen LogP contribution in [0.3, 0.4) is 0 Å². The molecule has 0 radical (unpaired) electrons. The van der Waals surface area contributed by atoms with Crippen LogP contribution >= 0.6 is 11.3 Å². The van der Waals surface area contributed by atoms with Crippen molar-refractivity contribution in [3.05, 3.63) is 40.2 Å². The van der Waals surface area contributed by atoms with Gasteiger partial charge in [0.2, 0.25) is 0 Å². The predicted octanol–water partition coefficient (Wildman–Crippen LogP) is 1.98. The molecule has 1 atom stereocenters. The van der Waals surface area contributed by atoms with Gasteiger partial charge in [-0.3, -0.25) is 14.5 Å². The first-order valence-corrected chi connectivity index (χ1v) is 9.59. The van der Waals surface area contributed by atoms with E-state index < -0.39 is 5.97 Å². The molecule has 2 heterocycles. The number of likely N-dealkylation sites (N-methyl/N-ethyl adjacent to an activating group) is 1. The summed E-state index contributed by atoms with van der Waals surface area (Å²) < 4.78 is 5.73. The first kappa shape index (κ1) is 19.5. The van der Waals surface area contributed by atoms with Crippen LogP contribution in [0, 0.1) is 6.92 Å². The fourth-order valence-corrected chi connectivity index (χ4v) is 4.07. The van der Waals surface area contributed by atoms with E-state index in [1.807, 2.05) is 37.3 Å². The van der Waals surface area contributed by atoms with E-state index in [1.54, 1.807) is 16.8 Å². The van der Waals surface area contributed by atoms with E-state index in [-0.39, 0.29) is 18.6 Å². The Bertz CT molecular complexity index is 809. The Labute approximate surface area is 162 Å². The molecule has 2 aromatic rings. The van der Waals surface area contributed by atoms with Crippen molar-refractivity contribution in [3.8, 4) is 11.3 Å². The third kappa shape index (κ3) is 4.91. The summed E-state index contributed by atoms with van der Waals surface area (Å²) >= 11 is 1.40. The van der Waals surface area contributed by atoms with E-state index >= 15 is 0 Å². The standard InChI is InChI=1S/C19H23N3O4S/c1-13-20-17(14-6-4-3-5-7-14)18(27-13)19(25)22-8-9-26-15(11-22)10-21(2)12-16(23)24/h3-7,15H,8-12H2,1-2H3,(H,23,24). The van der Waals surface area contributed by atoms with Crippen molar-refractivity contribution >= 4 is 23.2 Å². The first-order chi connectivity index (χ1) is 12.9. The number of hydrogen-bond donors (Lipinski definition) is 1. The maximum atomic E-state index is 13.1. The van der Waals surface area contributed by atoms with Crippen molar-refractivity contribution < 1.29 is 19.4 Å². The van der Waals surface area contributed by atoms with Crippen LogP contribution in [0.2, 0.25) is 0 Å². The largest absolute Gasteiger partial charge is 0.480 e. The van der Waals surface area contributed by atoms with Crippen LogP contribution in [0.4, 0.5) is 0 Å². The molecule has 1 amide bonds. The molecule has 27 heavy (non-hydrogen) atoms. The van der Waals surface area contributed by atoms with Crippen LogP contribution < -0.4 is 0 Å². The lowest BCUT2D eigenvalue weighted by Gasteiger charge is -2.34. The van der Waals surface area contributed by atoms with Crippen LogP contribution in [0.1, 0.15) is 14.7 Å². The number of hydrogen-bond acceptors (Lipinski definition) is 6. The number of carboxylic acid groups (broad SMARTS) is 1. The molecule has 1 aliphatic heterocycles. The highest BCUT2D eigenvalue weighted by atomic mass is 32.1. The number of ether oxygens (including phenoxy) is 1. The molecule has 1 aliphatic rings. The Morgan fingerprint density at radius 2 is 2.11 bits per heavy atom. The molecule has 1 aromatic carbocycles. The molecule has 0 bridgehead atoms. The van der Waals surface area contributed by atoms with Crippen molar-refractivity contribution in [2.45, 2.75) is 13.0 Å². The first-order valence-electron chi connectivity index (χ1n) is 8.78. The Kier molecular flexibility index (Phi) is 6.20. The highest BCUT2D eigenvalue weighted by molar-refractivity contribution is 7.14. The topological polar surface area (TPSA) is 83.0 Å². The average Bonchev–Trinajstić information content (AvgIpc) is 3.03. The number of benzene rings is 1. The molecular weight excluding hydrogens is 366 g/mol. The van der Waals surface area contributed by atoms with Crippen molar-refractivity contribution in [1.82, 2.24) is 14.8 Å². The summed E-state index contributed by atoms with van der Waals surface area (Å²) in [6.07, 6.45) is -0.207. The van der Waals surface area contributed by atoms with Gasteiger partial charge in [-0.05, 0) is 14.0 Å². The van der Waals surface area contributed by atoms with Gasteiger partial charge in [-0.25, -0.2) is 4.98 Å². The average molecular weight is 389 g/mol. The van der Waals surface area contributed by atoms with Crippen molar-refractivity contribution in [3.63, 3.8) is 0 Å². The molecule has 0 aliphatic carbocycles. The predicted molar refractivity (Wildman–Crippen MR) is 103 cm³/mol. The van der Waals surface area contributed by atoms with E-state index in [0.717, 1.165) is 10.6 Å². The third-order valence-electron chi connectivity index (χ3n) is 4.32. The van der Waals surface area contributed by atoms with Gasteiger partial charge in [-0.15, -0.1) is 11.3 Å². The van der Waals surface area contributed by atoms with E-state index in [2.05, 4.69) is 4.98 Å². The van der Waals surface area contributed by atoms with Gasteiger partial charge in [0, 0.05) is 25.2 Å². The van der Waals surface area contributed by atoms with Gasteiger partial charge >= 0.3 is 5.97 Å². The van der Waals surface area contributed by atoms with Crippen molar-refractivity contribution in [1.29, 1.82) is 0 Å². The molecule has 8 heteroatoms. The Hall–Kier alpha value is -2.29. The van der Waals surface area contributed by atoms with Crippen LogP contribution in [0.5, 0.6) is 0 Å². The smallest absolute Gasteiger partial charge is 0.317 e. The minimum absolute atomic E-state index is 0.0476. The molecule has 7 nitrogen and oxygen atoms in total. The van der Waals surface area contributed by atoms with E-state index in [0.29, 0.717) is 36.8 Å². The summed E-state index contributed by atoms with van der Waals surface area (Å²) in [7, 11) is 1.73. The number of carboxylic acids is 1. The van der Waals surface area contributed by atoms with Gasteiger partial charge in [0.1, 0.15) is 4.88 Å². The van der Waals surface area contributed by atoms with Crippen molar-refractivity contribution in [2.24, 2.45) is 0 Å². The summed E-state index contributed by atoms with van der Waals surface area (Å²) in [4.78, 5) is 32.6. The summed E-state index contributed by atoms with van der Waals surface area (Å²) in [6, 6.07) is 9.70. The molecule has 1 saturated heterocycles. The zero-order chi connectivity index (χ0) is 19.4. The fourth-order valence-electron chi connectivity index (χ4n) is 3.16. The Balaban J connectivity index is 1.73. The summed E-state index contributed by atoms with van der Waals surface area (Å²) in [5.74, 6) is -0.928. The molecule has 3 rings (SSSR count). The zero-order valence-corrected chi connectivity index (χ0v) is 16.2. The number of rotatable bonds is 6. The zero-order valence-electron chi connectivity index (χ0n) is 15.4. The SMILES string of the molecule is Cc1nc(-c2ccccc2)c(C(=O)N2CCOC(CN(C)CC(=O)O)C2)s1. The molecule has 1 unspecified atom stereocenters. The van der Waals surface area contributed by atoms with Gasteiger partial charge in [0.05, 0.1) is 30.0 Å². The van der Waals surface area contributed by atoms with Crippen LogP contribution in [-0.4, -0.2) is 77.7 Å². The Morgan fingerprint density at radius 1 is 1.37 bits per heavy atom. The van der Waals surface area contributed by atoms with Gasteiger partial charge < -0.3 is 14.7 Å². The number of carbonyl (C=O) groups excluding carboxylic acids is 1. The molecular formula is C19H23N3O4S. The third-order valence-corrected chi connectivity index (χ3v) is 5.28. The lowest BCUT2D eigenvalue weighted by atomic mass is 10.1. The second kappa shape index (κ2) is 8.60. The Morgan fingerprint density at radius 3 is 2.81 bits per heavy atom. The number of nitrogens with zero attached hydrogens (tertiary/aromatic N) is 3. The van der Waals surface area contributed by atoms with Gasteiger partial charge in [0.25, 0.3) is 5.91 Å². The van der Waals surface area contributed by atoms with Crippen molar-refractivity contribution in [2.75, 3.05) is 39.8 Å². The van der Waals surface area contributed by atoms with E-state index in [4.69, 9.17) is 9.84 Å². The monoisotopic (exact) mass is 389 g/mol. The molecule has 144 valence electrons. The number of aliphatic carboxylic acids is 1. The fraction of sp³-hybridized carbons (Fsp3) is 0.421. The number of thiazole rings is 1. The minimum atomic E-state index is -0.881. The summed E-state index contributed by atoms with van der Waals surface area (Å²) in [6.45, 7) is 3.70. The number of morpholine rings is 1. The second-order valence-corrected chi connectivity index (χ2v) is 7.81. The molecule has 0 spiro atoms. The maximum Gasteiger partial charge on any atom is 0.317 e. The normalized spacial score (nSPS) is 17.3. The quantitative estimate of drug-likeness (QED) is 0.813. The highest BCUT2D eigenvalue weighted by Gasteiger charge is 2.29. The summed E-state index contributed by atoms with van der Waals surface area (Å²) in [5, 5.41) is 9.74. The van der Waals surface area contributed by atoms with Crippen LogP contribution in [0.25, 0.3) is 11.3 Å². The highest BCUT2D eigenvalue weighted by Crippen LogP contribution is 2.29. The van der Waals surface area contributed by atoms with Gasteiger partial charge in [-0.1, -0.05) is 30.3 Å². The molecule has 1 fully saturated rings.